The molecular formula is C18H16N4. The average Bonchev–Trinajstić information content (AvgIpc) is 2.55. The van der Waals surface area contributed by atoms with E-state index < -0.39 is 0 Å². The van der Waals surface area contributed by atoms with Crippen LogP contribution in [0.25, 0.3) is 10.9 Å². The molecule has 22 heavy (non-hydrogen) atoms. The van der Waals surface area contributed by atoms with Gasteiger partial charge in [-0.25, -0.2) is 9.97 Å². The number of rotatable bonds is 3. The van der Waals surface area contributed by atoms with Gasteiger partial charge in [0, 0.05) is 5.39 Å². The van der Waals surface area contributed by atoms with Crippen LogP contribution < -0.4 is 5.32 Å². The van der Waals surface area contributed by atoms with Gasteiger partial charge in [0.2, 0.25) is 0 Å². The summed E-state index contributed by atoms with van der Waals surface area (Å²) in [6, 6.07) is 15.9. The number of benzene rings is 2. The largest absolute Gasteiger partial charge is 0.363 e. The molecule has 0 unspecified atom stereocenters. The quantitative estimate of drug-likeness (QED) is 0.791. The normalized spacial score (nSPS) is 11.9. The van der Waals surface area contributed by atoms with Crippen molar-refractivity contribution < 1.29 is 0 Å². The van der Waals surface area contributed by atoms with Gasteiger partial charge in [-0.3, -0.25) is 0 Å². The van der Waals surface area contributed by atoms with Gasteiger partial charge in [-0.1, -0.05) is 24.3 Å². The second-order valence-electron chi connectivity index (χ2n) is 5.29. The molecule has 0 aliphatic carbocycles. The fraction of sp³-hybridized carbons (Fsp3) is 0.167. The van der Waals surface area contributed by atoms with E-state index in [1.165, 1.54) is 0 Å². The summed E-state index contributed by atoms with van der Waals surface area (Å²) in [5, 5.41) is 13.5. The number of nitriles is 1. The Bertz CT molecular complexity index is 859. The van der Waals surface area contributed by atoms with Gasteiger partial charge >= 0.3 is 0 Å². The van der Waals surface area contributed by atoms with E-state index in [0.29, 0.717) is 5.56 Å². The molecule has 0 aliphatic heterocycles. The molecule has 1 aromatic heterocycles. The number of hydrogen-bond acceptors (Lipinski definition) is 4. The molecule has 3 aromatic rings. The predicted octanol–water partition coefficient (Wildman–Crippen LogP) is 3.98. The highest BCUT2D eigenvalue weighted by molar-refractivity contribution is 5.91. The number of aromatic nitrogens is 2. The Labute approximate surface area is 129 Å². The molecule has 0 saturated heterocycles. The van der Waals surface area contributed by atoms with Gasteiger partial charge in [0.1, 0.15) is 12.1 Å². The second kappa shape index (κ2) is 5.82. The van der Waals surface area contributed by atoms with E-state index >= 15 is 0 Å². The van der Waals surface area contributed by atoms with Gasteiger partial charge in [-0.05, 0) is 43.2 Å². The van der Waals surface area contributed by atoms with Crippen LogP contribution in [0.1, 0.15) is 29.7 Å². The first-order chi connectivity index (χ1) is 10.7. The van der Waals surface area contributed by atoms with Crippen LogP contribution in [0, 0.1) is 18.3 Å². The zero-order chi connectivity index (χ0) is 15.5. The standard InChI is InChI=1S/C18H16N4/c1-12-5-3-8-16-17(12)18(21-11-20-16)22-13(2)15-7-4-6-14(9-15)10-19/h3-9,11,13H,1-2H3,(H,20,21,22)/t13-/m0/s1. The Morgan fingerprint density at radius 2 is 1.95 bits per heavy atom. The summed E-state index contributed by atoms with van der Waals surface area (Å²) in [6.45, 7) is 4.11. The lowest BCUT2D eigenvalue weighted by atomic mass is 10.0. The lowest BCUT2D eigenvalue weighted by Gasteiger charge is -2.17. The molecule has 0 fully saturated rings. The number of fused-ring (bicyclic) bond motifs is 1. The highest BCUT2D eigenvalue weighted by atomic mass is 15.0. The van der Waals surface area contributed by atoms with Crippen LogP contribution in [0.15, 0.2) is 48.8 Å². The molecule has 1 atom stereocenters. The molecule has 1 heterocycles. The van der Waals surface area contributed by atoms with E-state index in [1.54, 1.807) is 12.4 Å². The van der Waals surface area contributed by atoms with E-state index in [1.807, 2.05) is 30.3 Å². The van der Waals surface area contributed by atoms with Gasteiger partial charge in [0.05, 0.1) is 23.2 Å². The third kappa shape index (κ3) is 2.61. The molecule has 108 valence electrons. The van der Waals surface area contributed by atoms with E-state index in [4.69, 9.17) is 5.26 Å². The molecule has 0 aliphatic rings. The topological polar surface area (TPSA) is 61.6 Å². The van der Waals surface area contributed by atoms with Crippen LogP contribution in [0.2, 0.25) is 0 Å². The van der Waals surface area contributed by atoms with Crippen molar-refractivity contribution in [2.45, 2.75) is 19.9 Å². The third-order valence-corrected chi connectivity index (χ3v) is 3.74. The summed E-state index contributed by atoms with van der Waals surface area (Å²) >= 11 is 0. The minimum Gasteiger partial charge on any atom is -0.363 e. The first-order valence-corrected chi connectivity index (χ1v) is 7.16. The fourth-order valence-corrected chi connectivity index (χ4v) is 2.56. The second-order valence-corrected chi connectivity index (χ2v) is 5.29. The Kier molecular flexibility index (Phi) is 3.71. The van der Waals surface area contributed by atoms with Gasteiger partial charge in [-0.15, -0.1) is 0 Å². The number of nitrogens with one attached hydrogen (secondary N) is 1. The molecule has 1 N–H and O–H groups in total. The van der Waals surface area contributed by atoms with Crippen LogP contribution in [0.4, 0.5) is 5.82 Å². The van der Waals surface area contributed by atoms with E-state index in [2.05, 4.69) is 41.3 Å². The summed E-state index contributed by atoms with van der Waals surface area (Å²) in [7, 11) is 0. The molecular weight excluding hydrogens is 272 g/mol. The minimum absolute atomic E-state index is 0.0472. The number of hydrogen-bond donors (Lipinski definition) is 1. The lowest BCUT2D eigenvalue weighted by Crippen LogP contribution is -2.09. The number of anilines is 1. The highest BCUT2D eigenvalue weighted by Crippen LogP contribution is 2.26. The molecule has 4 nitrogen and oxygen atoms in total. The summed E-state index contributed by atoms with van der Waals surface area (Å²) in [4.78, 5) is 8.70. The maximum atomic E-state index is 9.02. The maximum Gasteiger partial charge on any atom is 0.138 e. The molecule has 3 rings (SSSR count). The van der Waals surface area contributed by atoms with Crippen LogP contribution in [0.3, 0.4) is 0 Å². The van der Waals surface area contributed by atoms with Crippen molar-refractivity contribution in [1.82, 2.24) is 9.97 Å². The minimum atomic E-state index is 0.0472. The number of nitrogens with zero attached hydrogens (tertiary/aromatic N) is 3. The van der Waals surface area contributed by atoms with Crippen molar-refractivity contribution in [3.63, 3.8) is 0 Å². The van der Waals surface area contributed by atoms with Gasteiger partial charge in [-0.2, -0.15) is 5.26 Å². The fourth-order valence-electron chi connectivity index (χ4n) is 2.56. The Balaban J connectivity index is 1.98. The third-order valence-electron chi connectivity index (χ3n) is 3.74. The molecule has 0 spiro atoms. The summed E-state index contributed by atoms with van der Waals surface area (Å²) in [6.07, 6.45) is 1.57. The van der Waals surface area contributed by atoms with Crippen LogP contribution >= 0.6 is 0 Å². The molecule has 4 heteroatoms. The van der Waals surface area contributed by atoms with Gasteiger partial charge in [0.15, 0.2) is 0 Å². The maximum absolute atomic E-state index is 9.02. The smallest absolute Gasteiger partial charge is 0.138 e. The van der Waals surface area contributed by atoms with Gasteiger partial charge in [0.25, 0.3) is 0 Å². The SMILES string of the molecule is Cc1cccc2ncnc(N[C@@H](C)c3cccc(C#N)c3)c12. The van der Waals surface area contributed by atoms with Crippen molar-refractivity contribution in [2.24, 2.45) is 0 Å². The number of aryl methyl sites for hydroxylation is 1. The Morgan fingerprint density at radius 1 is 1.14 bits per heavy atom. The first-order valence-electron chi connectivity index (χ1n) is 7.16. The zero-order valence-corrected chi connectivity index (χ0v) is 12.5. The first kappa shape index (κ1) is 14.0. The van der Waals surface area contributed by atoms with Crippen LogP contribution in [-0.4, -0.2) is 9.97 Å². The van der Waals surface area contributed by atoms with Gasteiger partial charge < -0.3 is 5.32 Å². The van der Waals surface area contributed by atoms with Crippen molar-refractivity contribution in [3.8, 4) is 6.07 Å². The monoisotopic (exact) mass is 288 g/mol. The lowest BCUT2D eigenvalue weighted by molar-refractivity contribution is 0.875. The van der Waals surface area contributed by atoms with Crippen molar-refractivity contribution >= 4 is 16.7 Å². The molecule has 2 aromatic carbocycles. The molecule has 0 saturated carbocycles. The van der Waals surface area contributed by atoms with Crippen molar-refractivity contribution in [2.75, 3.05) is 5.32 Å². The average molecular weight is 288 g/mol. The Hall–Kier alpha value is -2.93. The Morgan fingerprint density at radius 3 is 2.77 bits per heavy atom. The summed E-state index contributed by atoms with van der Waals surface area (Å²) < 4.78 is 0. The van der Waals surface area contributed by atoms with E-state index in [-0.39, 0.29) is 6.04 Å². The van der Waals surface area contributed by atoms with E-state index in [9.17, 15) is 0 Å². The zero-order valence-electron chi connectivity index (χ0n) is 12.5. The molecule has 0 radical (unpaired) electrons. The highest BCUT2D eigenvalue weighted by Gasteiger charge is 2.11. The van der Waals surface area contributed by atoms with Crippen LogP contribution in [-0.2, 0) is 0 Å². The van der Waals surface area contributed by atoms with E-state index in [0.717, 1.165) is 27.8 Å². The van der Waals surface area contributed by atoms with Crippen molar-refractivity contribution in [3.05, 3.63) is 65.5 Å². The summed E-state index contributed by atoms with van der Waals surface area (Å²) in [5.74, 6) is 0.818. The summed E-state index contributed by atoms with van der Waals surface area (Å²) in [5.41, 5.74) is 3.78. The van der Waals surface area contributed by atoms with Crippen molar-refractivity contribution in [1.29, 1.82) is 5.26 Å². The predicted molar refractivity (Wildman–Crippen MR) is 87.5 cm³/mol. The van der Waals surface area contributed by atoms with Crippen LogP contribution in [0.5, 0.6) is 0 Å². The molecule has 0 bridgehead atoms. The molecule has 0 amide bonds.